The monoisotopic (exact) mass is 444 g/mol. The fraction of sp³-hybridized carbons (Fsp3) is 0.739. The number of carbonyl (C=O) groups excluding carboxylic acids is 2. The van der Waals surface area contributed by atoms with Crippen molar-refractivity contribution in [1.82, 2.24) is 24.7 Å². The highest BCUT2D eigenvalue weighted by Crippen LogP contribution is 2.31. The number of amides is 2. The van der Waals surface area contributed by atoms with E-state index >= 15 is 0 Å². The molecule has 0 bridgehead atoms. The number of nitrogens with one attached hydrogen (secondary N) is 1. The number of hydrogen-bond donors (Lipinski definition) is 1. The van der Waals surface area contributed by atoms with Gasteiger partial charge in [-0.2, -0.15) is 0 Å². The normalized spacial score (nSPS) is 22.3. The molecule has 1 N–H and O–H groups in total. The van der Waals surface area contributed by atoms with Crippen molar-refractivity contribution in [1.29, 1.82) is 0 Å². The summed E-state index contributed by atoms with van der Waals surface area (Å²) in [5, 5.41) is 3.25. The number of likely N-dealkylation sites (tertiary alicyclic amines) is 2. The molecule has 4 rings (SSSR count). The summed E-state index contributed by atoms with van der Waals surface area (Å²) in [6.07, 6.45) is 3.96. The average Bonchev–Trinajstić information content (AvgIpc) is 3.18. The van der Waals surface area contributed by atoms with Crippen LogP contribution in [0.25, 0.3) is 0 Å². The summed E-state index contributed by atoms with van der Waals surface area (Å²) in [5.74, 6) is 2.05. The van der Waals surface area contributed by atoms with Gasteiger partial charge in [0, 0.05) is 58.3 Å². The smallest absolute Gasteiger partial charge is 0.228 e. The summed E-state index contributed by atoms with van der Waals surface area (Å²) >= 11 is 0. The van der Waals surface area contributed by atoms with Crippen LogP contribution < -0.4 is 5.32 Å². The molecule has 2 amide bonds. The van der Waals surface area contributed by atoms with Crippen LogP contribution >= 0.6 is 0 Å². The molecule has 32 heavy (non-hydrogen) atoms. The van der Waals surface area contributed by atoms with Crippen LogP contribution in [0.2, 0.25) is 0 Å². The van der Waals surface area contributed by atoms with Crippen molar-refractivity contribution in [3.05, 3.63) is 17.1 Å². The zero-order valence-corrected chi connectivity index (χ0v) is 19.6. The first-order chi connectivity index (χ1) is 15.5. The van der Waals surface area contributed by atoms with Crippen molar-refractivity contribution in [2.75, 3.05) is 65.9 Å². The standard InChI is InChI=1S/C23H36N6O3/c1-24-22-18-7-11-29(23(31)17-13-20(30)28(14-17)8-4-12-32-3)15-19(18)25-21(26-22)16-5-9-27(2)10-6-16/h16-17H,4-15H2,1-3H3,(H,24,25,26). The molecule has 0 spiro atoms. The van der Waals surface area contributed by atoms with Gasteiger partial charge in [-0.15, -0.1) is 0 Å². The van der Waals surface area contributed by atoms with E-state index in [-0.39, 0.29) is 17.7 Å². The number of ether oxygens (including phenoxy) is 1. The fourth-order valence-electron chi connectivity index (χ4n) is 5.11. The molecule has 3 aliphatic rings. The number of methoxy groups -OCH3 is 1. The predicted octanol–water partition coefficient (Wildman–Crippen LogP) is 1.10. The second kappa shape index (κ2) is 10.1. The van der Waals surface area contributed by atoms with Crippen molar-refractivity contribution in [3.8, 4) is 0 Å². The molecular weight excluding hydrogens is 408 g/mol. The van der Waals surface area contributed by atoms with E-state index in [2.05, 4.69) is 17.3 Å². The summed E-state index contributed by atoms with van der Waals surface area (Å²) in [4.78, 5) is 41.5. The Labute approximate surface area is 190 Å². The molecule has 4 heterocycles. The number of rotatable bonds is 7. The van der Waals surface area contributed by atoms with Gasteiger partial charge in [0.2, 0.25) is 11.8 Å². The molecule has 2 saturated heterocycles. The Morgan fingerprint density at radius 3 is 2.72 bits per heavy atom. The minimum Gasteiger partial charge on any atom is -0.385 e. The molecule has 0 saturated carbocycles. The molecular formula is C23H36N6O3. The summed E-state index contributed by atoms with van der Waals surface area (Å²) in [5.41, 5.74) is 2.08. The minimum absolute atomic E-state index is 0.0706. The molecule has 0 aliphatic carbocycles. The third-order valence-electron chi connectivity index (χ3n) is 7.05. The van der Waals surface area contributed by atoms with Gasteiger partial charge < -0.3 is 24.8 Å². The van der Waals surface area contributed by atoms with Gasteiger partial charge >= 0.3 is 0 Å². The largest absolute Gasteiger partial charge is 0.385 e. The van der Waals surface area contributed by atoms with Crippen LogP contribution in [0.3, 0.4) is 0 Å². The molecule has 1 atom stereocenters. The predicted molar refractivity (Wildman–Crippen MR) is 121 cm³/mol. The highest BCUT2D eigenvalue weighted by atomic mass is 16.5. The van der Waals surface area contributed by atoms with E-state index in [1.54, 1.807) is 12.0 Å². The summed E-state index contributed by atoms with van der Waals surface area (Å²) in [6.45, 7) is 5.04. The van der Waals surface area contributed by atoms with Crippen LogP contribution in [0.15, 0.2) is 0 Å². The summed E-state index contributed by atoms with van der Waals surface area (Å²) in [6, 6.07) is 0. The van der Waals surface area contributed by atoms with Crippen LogP contribution in [-0.2, 0) is 27.3 Å². The number of piperidine rings is 1. The molecule has 0 aromatic carbocycles. The average molecular weight is 445 g/mol. The molecule has 9 heteroatoms. The lowest BCUT2D eigenvalue weighted by Gasteiger charge is -2.32. The topological polar surface area (TPSA) is 90.9 Å². The molecule has 0 radical (unpaired) electrons. The molecule has 1 unspecified atom stereocenters. The van der Waals surface area contributed by atoms with Gasteiger partial charge in [-0.3, -0.25) is 9.59 Å². The lowest BCUT2D eigenvalue weighted by atomic mass is 9.95. The van der Waals surface area contributed by atoms with E-state index < -0.39 is 0 Å². The van der Waals surface area contributed by atoms with E-state index in [9.17, 15) is 9.59 Å². The second-order valence-electron chi connectivity index (χ2n) is 9.28. The van der Waals surface area contributed by atoms with Gasteiger partial charge in [0.1, 0.15) is 11.6 Å². The van der Waals surface area contributed by atoms with Crippen molar-refractivity contribution in [2.24, 2.45) is 5.92 Å². The van der Waals surface area contributed by atoms with Gasteiger partial charge in [-0.05, 0) is 45.8 Å². The first kappa shape index (κ1) is 22.9. The van der Waals surface area contributed by atoms with Crippen LogP contribution in [0.4, 0.5) is 5.82 Å². The highest BCUT2D eigenvalue weighted by Gasteiger charge is 2.37. The van der Waals surface area contributed by atoms with Crippen LogP contribution in [0.1, 0.15) is 48.7 Å². The quantitative estimate of drug-likeness (QED) is 0.630. The number of hydrogen-bond acceptors (Lipinski definition) is 7. The molecule has 3 aliphatic heterocycles. The van der Waals surface area contributed by atoms with Crippen LogP contribution in [0.5, 0.6) is 0 Å². The third kappa shape index (κ3) is 4.88. The lowest BCUT2D eigenvalue weighted by molar-refractivity contribution is -0.136. The number of anilines is 1. The van der Waals surface area contributed by atoms with E-state index in [1.165, 1.54) is 0 Å². The Morgan fingerprint density at radius 1 is 1.22 bits per heavy atom. The first-order valence-electron chi connectivity index (χ1n) is 11.8. The number of carbonyl (C=O) groups is 2. The molecule has 1 aromatic rings. The highest BCUT2D eigenvalue weighted by molar-refractivity contribution is 5.89. The molecule has 9 nitrogen and oxygen atoms in total. The van der Waals surface area contributed by atoms with Gasteiger partial charge in [0.05, 0.1) is 18.2 Å². The van der Waals surface area contributed by atoms with Gasteiger partial charge in [0.25, 0.3) is 0 Å². The number of aromatic nitrogens is 2. The minimum atomic E-state index is -0.259. The first-order valence-corrected chi connectivity index (χ1v) is 11.8. The molecule has 1 aromatic heterocycles. The van der Waals surface area contributed by atoms with E-state index in [0.29, 0.717) is 45.1 Å². The molecule has 2 fully saturated rings. The van der Waals surface area contributed by atoms with Gasteiger partial charge in [-0.25, -0.2) is 9.97 Å². The SMILES string of the molecule is CNc1nc(C2CCN(C)CC2)nc2c1CCN(C(=O)C1CC(=O)N(CCCOC)C1)C2. The zero-order chi connectivity index (χ0) is 22.7. The van der Waals surface area contributed by atoms with E-state index in [0.717, 1.165) is 61.7 Å². The molecule has 176 valence electrons. The summed E-state index contributed by atoms with van der Waals surface area (Å²) in [7, 11) is 5.72. The van der Waals surface area contributed by atoms with Gasteiger partial charge in [0.15, 0.2) is 0 Å². The Morgan fingerprint density at radius 2 is 2.00 bits per heavy atom. The Bertz CT molecular complexity index is 839. The fourth-order valence-corrected chi connectivity index (χ4v) is 5.11. The number of fused-ring (bicyclic) bond motifs is 1. The van der Waals surface area contributed by atoms with Crippen molar-refractivity contribution in [2.45, 2.75) is 44.6 Å². The second-order valence-corrected chi connectivity index (χ2v) is 9.28. The maximum absolute atomic E-state index is 13.3. The maximum Gasteiger partial charge on any atom is 0.228 e. The van der Waals surface area contributed by atoms with Gasteiger partial charge in [-0.1, -0.05) is 0 Å². The van der Waals surface area contributed by atoms with Crippen LogP contribution in [-0.4, -0.2) is 97.0 Å². The van der Waals surface area contributed by atoms with Crippen molar-refractivity contribution >= 4 is 17.6 Å². The Hall–Kier alpha value is -2.26. The lowest BCUT2D eigenvalue weighted by Crippen LogP contribution is -2.41. The Kier molecular flexibility index (Phi) is 7.25. The summed E-state index contributed by atoms with van der Waals surface area (Å²) < 4.78 is 5.08. The van der Waals surface area contributed by atoms with Crippen LogP contribution in [0, 0.1) is 5.92 Å². The zero-order valence-electron chi connectivity index (χ0n) is 19.6. The maximum atomic E-state index is 13.3. The van der Waals surface area contributed by atoms with Crippen molar-refractivity contribution in [3.63, 3.8) is 0 Å². The third-order valence-corrected chi connectivity index (χ3v) is 7.05. The van der Waals surface area contributed by atoms with Crippen molar-refractivity contribution < 1.29 is 14.3 Å². The van der Waals surface area contributed by atoms with E-state index in [1.807, 2.05) is 11.9 Å². The Balaban J connectivity index is 1.45. The van der Waals surface area contributed by atoms with E-state index in [4.69, 9.17) is 14.7 Å². The number of nitrogens with zero attached hydrogens (tertiary/aromatic N) is 5.